The Kier molecular flexibility index (Phi) is 5.20. The van der Waals surface area contributed by atoms with Crippen molar-refractivity contribution >= 4 is 38.7 Å². The number of carbonyl (C=O) groups excluding carboxylic acids is 1. The van der Waals surface area contributed by atoms with E-state index in [0.29, 0.717) is 21.8 Å². The van der Waals surface area contributed by atoms with Crippen LogP contribution in [0.2, 0.25) is 0 Å². The highest BCUT2D eigenvalue weighted by Gasteiger charge is 2.36. The predicted molar refractivity (Wildman–Crippen MR) is 113 cm³/mol. The van der Waals surface area contributed by atoms with Crippen LogP contribution < -0.4 is 0 Å². The van der Waals surface area contributed by atoms with Gasteiger partial charge in [-0.15, -0.1) is 11.3 Å². The maximum absolute atomic E-state index is 12.5. The van der Waals surface area contributed by atoms with E-state index < -0.39 is 12.1 Å². The highest BCUT2D eigenvalue weighted by molar-refractivity contribution is 9.10. The number of nitriles is 1. The van der Waals surface area contributed by atoms with Gasteiger partial charge in [0.25, 0.3) is 5.91 Å². The number of allylic oxidation sites excluding steroid dienone is 1. The number of amides is 1. The van der Waals surface area contributed by atoms with Crippen molar-refractivity contribution in [3.63, 3.8) is 0 Å². The second-order valence-corrected chi connectivity index (χ2v) is 8.15. The van der Waals surface area contributed by atoms with Crippen LogP contribution in [0.3, 0.4) is 0 Å². The molecule has 1 amide bonds. The van der Waals surface area contributed by atoms with Crippen molar-refractivity contribution in [2.75, 3.05) is 6.54 Å². The van der Waals surface area contributed by atoms with Crippen molar-refractivity contribution in [3.05, 3.63) is 80.3 Å². The van der Waals surface area contributed by atoms with Gasteiger partial charge in [-0.3, -0.25) is 4.79 Å². The summed E-state index contributed by atoms with van der Waals surface area (Å²) < 4.78 is 0.946. The third-order valence-electron chi connectivity index (χ3n) is 4.60. The van der Waals surface area contributed by atoms with Crippen molar-refractivity contribution < 1.29 is 15.0 Å². The molecule has 1 aliphatic heterocycles. The SMILES string of the molecule is N#C/C(=C(/O)CN1C(=O)c2ccccc2[C@H]1O)c1nc(-c2ccc(Br)cc2)cs1. The number of rotatable bonds is 4. The number of benzene rings is 2. The van der Waals surface area contributed by atoms with Gasteiger partial charge in [0.2, 0.25) is 0 Å². The molecule has 1 aromatic heterocycles. The Morgan fingerprint density at radius 1 is 1.24 bits per heavy atom. The predicted octanol–water partition coefficient (Wildman–Crippen LogP) is 4.51. The summed E-state index contributed by atoms with van der Waals surface area (Å²) in [6.07, 6.45) is -1.17. The van der Waals surface area contributed by atoms with Gasteiger partial charge in [-0.1, -0.05) is 46.3 Å². The van der Waals surface area contributed by atoms with Crippen molar-refractivity contribution in [3.8, 4) is 17.3 Å². The lowest BCUT2D eigenvalue weighted by Gasteiger charge is -2.20. The lowest BCUT2D eigenvalue weighted by molar-refractivity contribution is 0.0179. The summed E-state index contributed by atoms with van der Waals surface area (Å²) >= 11 is 4.61. The van der Waals surface area contributed by atoms with Crippen molar-refractivity contribution in [2.45, 2.75) is 6.23 Å². The summed E-state index contributed by atoms with van der Waals surface area (Å²) in [6, 6.07) is 16.3. The molecule has 0 spiro atoms. The number of hydrogen-bond acceptors (Lipinski definition) is 6. The van der Waals surface area contributed by atoms with Crippen LogP contribution in [0.1, 0.15) is 27.2 Å². The fourth-order valence-electron chi connectivity index (χ4n) is 3.13. The lowest BCUT2D eigenvalue weighted by Crippen LogP contribution is -2.30. The summed E-state index contributed by atoms with van der Waals surface area (Å²) in [5.41, 5.74) is 2.42. The van der Waals surface area contributed by atoms with E-state index in [4.69, 9.17) is 0 Å². The van der Waals surface area contributed by atoms with Gasteiger partial charge in [-0.25, -0.2) is 4.98 Å². The number of fused-ring (bicyclic) bond motifs is 1. The Balaban J connectivity index is 1.61. The van der Waals surface area contributed by atoms with Crippen LogP contribution in [-0.4, -0.2) is 32.5 Å². The molecule has 29 heavy (non-hydrogen) atoms. The summed E-state index contributed by atoms with van der Waals surface area (Å²) in [7, 11) is 0. The quantitative estimate of drug-likeness (QED) is 0.434. The first kappa shape index (κ1) is 19.3. The fourth-order valence-corrected chi connectivity index (χ4v) is 4.24. The van der Waals surface area contributed by atoms with E-state index in [1.54, 1.807) is 29.6 Å². The molecule has 0 saturated heterocycles. The van der Waals surface area contributed by atoms with Crippen LogP contribution in [0, 0.1) is 11.3 Å². The molecule has 2 aromatic carbocycles. The van der Waals surface area contributed by atoms with Crippen LogP contribution in [0.15, 0.2) is 64.1 Å². The van der Waals surface area contributed by atoms with Crippen LogP contribution in [0.4, 0.5) is 0 Å². The lowest BCUT2D eigenvalue weighted by atomic mass is 10.1. The van der Waals surface area contributed by atoms with Gasteiger partial charge in [0.15, 0.2) is 6.23 Å². The smallest absolute Gasteiger partial charge is 0.257 e. The van der Waals surface area contributed by atoms with E-state index in [9.17, 15) is 20.3 Å². The van der Waals surface area contributed by atoms with Crippen molar-refractivity contribution in [1.82, 2.24) is 9.88 Å². The number of thiazole rings is 1. The number of hydrogen-bond donors (Lipinski definition) is 2. The number of halogens is 1. The summed E-state index contributed by atoms with van der Waals surface area (Å²) in [5.74, 6) is -0.712. The molecule has 0 saturated carbocycles. The van der Waals surface area contributed by atoms with E-state index in [0.717, 1.165) is 14.9 Å². The standard InChI is InChI=1S/C21H14BrN3O3S/c22-13-7-5-12(6-8-13)17-11-29-19(24-17)16(9-23)18(26)10-25-20(27)14-3-1-2-4-15(14)21(25)28/h1-8,11,20,26-27H,10H2/b18-16-/t20-/m1/s1. The molecule has 0 aliphatic carbocycles. The Hall–Kier alpha value is -2.99. The molecule has 8 heteroatoms. The van der Waals surface area contributed by atoms with Gasteiger partial charge in [-0.05, 0) is 18.2 Å². The Bertz CT molecular complexity index is 1160. The minimum absolute atomic E-state index is 0.0192. The van der Waals surface area contributed by atoms with E-state index in [2.05, 4.69) is 20.9 Å². The first-order valence-corrected chi connectivity index (χ1v) is 10.3. The monoisotopic (exact) mass is 467 g/mol. The first-order valence-electron chi connectivity index (χ1n) is 8.61. The van der Waals surface area contributed by atoms with Crippen molar-refractivity contribution in [1.29, 1.82) is 5.26 Å². The van der Waals surface area contributed by atoms with Gasteiger partial charge < -0.3 is 15.1 Å². The number of nitrogens with zero attached hydrogens (tertiary/aromatic N) is 3. The second kappa shape index (κ2) is 7.79. The molecule has 2 N–H and O–H groups in total. The second-order valence-electron chi connectivity index (χ2n) is 6.37. The summed E-state index contributed by atoms with van der Waals surface area (Å²) in [6.45, 7) is -0.287. The molecule has 0 fully saturated rings. The molecule has 0 unspecified atom stereocenters. The highest BCUT2D eigenvalue weighted by Crippen LogP contribution is 2.33. The molecule has 0 bridgehead atoms. The molecule has 144 valence electrons. The van der Waals surface area contributed by atoms with Gasteiger partial charge in [0, 0.05) is 26.5 Å². The molecule has 4 rings (SSSR count). The Morgan fingerprint density at radius 3 is 2.66 bits per heavy atom. The first-order chi connectivity index (χ1) is 14.0. The largest absolute Gasteiger partial charge is 0.509 e. The van der Waals surface area contributed by atoms with Gasteiger partial charge in [-0.2, -0.15) is 5.26 Å². The average Bonchev–Trinajstić information content (AvgIpc) is 3.29. The van der Waals surface area contributed by atoms with Gasteiger partial charge in [0.1, 0.15) is 22.4 Å². The normalized spacial score (nSPS) is 16.4. The van der Waals surface area contributed by atoms with E-state index in [-0.39, 0.29) is 17.9 Å². The molecular formula is C21H14BrN3O3S. The fraction of sp³-hybridized carbons (Fsp3) is 0.0952. The third kappa shape index (κ3) is 3.56. The van der Waals surface area contributed by atoms with Crippen molar-refractivity contribution in [2.24, 2.45) is 0 Å². The molecule has 1 atom stereocenters. The molecule has 2 heterocycles. The number of aliphatic hydroxyl groups is 2. The zero-order chi connectivity index (χ0) is 20.5. The highest BCUT2D eigenvalue weighted by atomic mass is 79.9. The van der Waals surface area contributed by atoms with Crippen LogP contribution >= 0.6 is 27.3 Å². The van der Waals surface area contributed by atoms with E-state index >= 15 is 0 Å². The average molecular weight is 468 g/mol. The van der Waals surface area contributed by atoms with Gasteiger partial charge in [0.05, 0.1) is 12.2 Å². The number of carbonyl (C=O) groups is 1. The summed E-state index contributed by atoms with van der Waals surface area (Å²) in [4.78, 5) is 18.1. The van der Waals surface area contributed by atoms with Gasteiger partial charge >= 0.3 is 0 Å². The van der Waals surface area contributed by atoms with E-state index in [1.807, 2.05) is 30.3 Å². The van der Waals surface area contributed by atoms with Crippen LogP contribution in [-0.2, 0) is 0 Å². The third-order valence-corrected chi connectivity index (χ3v) is 5.99. The minimum Gasteiger partial charge on any atom is -0.509 e. The topological polar surface area (TPSA) is 97.5 Å². The van der Waals surface area contributed by atoms with Crippen LogP contribution in [0.25, 0.3) is 16.8 Å². The molecule has 3 aromatic rings. The summed E-state index contributed by atoms with van der Waals surface area (Å²) in [5, 5.41) is 32.7. The maximum atomic E-state index is 12.5. The zero-order valence-electron chi connectivity index (χ0n) is 14.9. The minimum atomic E-state index is -1.17. The van der Waals surface area contributed by atoms with E-state index in [1.165, 1.54) is 11.3 Å². The maximum Gasteiger partial charge on any atom is 0.257 e. The van der Waals surface area contributed by atoms with Crippen LogP contribution in [0.5, 0.6) is 0 Å². The molecular weight excluding hydrogens is 454 g/mol. The Morgan fingerprint density at radius 2 is 1.97 bits per heavy atom. The molecule has 0 radical (unpaired) electrons. The Labute approximate surface area is 179 Å². The number of aromatic nitrogens is 1. The zero-order valence-corrected chi connectivity index (χ0v) is 17.3. The molecule has 1 aliphatic rings. The molecule has 6 nitrogen and oxygen atoms in total. The number of aliphatic hydroxyl groups excluding tert-OH is 2.